The fraction of sp³-hybridized carbons (Fsp3) is 0.207. The highest BCUT2D eigenvalue weighted by Crippen LogP contribution is 2.43. The SMILES string of the molecule is CCN1CCCc2cc(/C(=C(\C)c3nc4ccccc4s3)c3ccccc3C(=O)O)c(OC=O)cc21. The molecule has 182 valence electrons. The first-order chi connectivity index (χ1) is 17.5. The van der Waals surface area contributed by atoms with Gasteiger partial charge in [-0.25, -0.2) is 9.78 Å². The number of nitrogens with zero attached hydrogens (tertiary/aromatic N) is 2. The average Bonchev–Trinajstić information content (AvgIpc) is 3.33. The van der Waals surface area contributed by atoms with E-state index in [1.807, 2.05) is 43.3 Å². The molecular formula is C29H26N2O4S. The number of rotatable bonds is 7. The van der Waals surface area contributed by atoms with E-state index in [1.165, 1.54) is 0 Å². The van der Waals surface area contributed by atoms with Crippen LogP contribution in [0.4, 0.5) is 5.69 Å². The summed E-state index contributed by atoms with van der Waals surface area (Å²) in [5.74, 6) is -0.618. The number of carbonyl (C=O) groups is 2. The maximum absolute atomic E-state index is 12.3. The molecule has 0 radical (unpaired) electrons. The van der Waals surface area contributed by atoms with Crippen molar-refractivity contribution in [1.29, 1.82) is 0 Å². The van der Waals surface area contributed by atoms with Gasteiger partial charge in [0, 0.05) is 30.4 Å². The van der Waals surface area contributed by atoms with Crippen LogP contribution in [0.25, 0.3) is 21.4 Å². The first-order valence-electron chi connectivity index (χ1n) is 11.9. The molecule has 1 aromatic heterocycles. The van der Waals surface area contributed by atoms with E-state index < -0.39 is 5.97 Å². The molecular weight excluding hydrogens is 472 g/mol. The zero-order chi connectivity index (χ0) is 25.2. The molecule has 0 unspecified atom stereocenters. The lowest BCUT2D eigenvalue weighted by molar-refractivity contribution is -0.120. The molecule has 0 amide bonds. The Morgan fingerprint density at radius 2 is 1.86 bits per heavy atom. The van der Waals surface area contributed by atoms with Crippen LogP contribution in [0.15, 0.2) is 60.7 Å². The van der Waals surface area contributed by atoms with E-state index in [0.29, 0.717) is 28.9 Å². The summed E-state index contributed by atoms with van der Waals surface area (Å²) in [5.41, 5.74) is 6.02. The van der Waals surface area contributed by atoms with Crippen LogP contribution in [-0.2, 0) is 11.2 Å². The summed E-state index contributed by atoms with van der Waals surface area (Å²) in [6.07, 6.45) is 1.92. The molecule has 3 aromatic carbocycles. The van der Waals surface area contributed by atoms with Gasteiger partial charge < -0.3 is 14.7 Å². The zero-order valence-electron chi connectivity index (χ0n) is 20.2. The third kappa shape index (κ3) is 4.27. The lowest BCUT2D eigenvalue weighted by Crippen LogP contribution is -2.29. The van der Waals surface area contributed by atoms with Crippen LogP contribution in [0.3, 0.4) is 0 Å². The molecule has 0 fully saturated rings. The molecule has 0 bridgehead atoms. The number of hydrogen-bond acceptors (Lipinski definition) is 6. The molecule has 4 aromatic rings. The number of carboxylic acid groups (broad SMARTS) is 1. The lowest BCUT2D eigenvalue weighted by Gasteiger charge is -2.31. The summed E-state index contributed by atoms with van der Waals surface area (Å²) in [5, 5.41) is 10.8. The quantitative estimate of drug-likeness (QED) is 0.302. The number of aryl methyl sites for hydroxylation is 1. The van der Waals surface area contributed by atoms with E-state index in [9.17, 15) is 14.7 Å². The van der Waals surface area contributed by atoms with E-state index in [-0.39, 0.29) is 5.56 Å². The van der Waals surface area contributed by atoms with Crippen molar-refractivity contribution in [2.45, 2.75) is 26.7 Å². The van der Waals surface area contributed by atoms with Gasteiger partial charge in [0.15, 0.2) is 0 Å². The molecule has 1 aliphatic rings. The van der Waals surface area contributed by atoms with Gasteiger partial charge in [0.05, 0.1) is 15.8 Å². The van der Waals surface area contributed by atoms with Crippen LogP contribution in [0.1, 0.15) is 52.3 Å². The van der Waals surface area contributed by atoms with Gasteiger partial charge in [-0.05, 0) is 73.2 Å². The fourth-order valence-corrected chi connectivity index (χ4v) is 5.91. The van der Waals surface area contributed by atoms with Crippen molar-refractivity contribution in [1.82, 2.24) is 4.98 Å². The number of para-hydroxylation sites is 1. The van der Waals surface area contributed by atoms with Gasteiger partial charge in [0.1, 0.15) is 10.8 Å². The average molecular weight is 499 g/mol. The first kappa shape index (κ1) is 23.8. The number of ether oxygens (including phenoxy) is 1. The molecule has 0 saturated carbocycles. The van der Waals surface area contributed by atoms with Crippen molar-refractivity contribution >= 4 is 50.8 Å². The summed E-state index contributed by atoms with van der Waals surface area (Å²) in [4.78, 5) is 30.9. The summed E-state index contributed by atoms with van der Waals surface area (Å²) in [6, 6.07) is 18.8. The van der Waals surface area contributed by atoms with Gasteiger partial charge in [0.2, 0.25) is 0 Å². The minimum atomic E-state index is -1.02. The van der Waals surface area contributed by atoms with E-state index >= 15 is 0 Å². The first-order valence-corrected chi connectivity index (χ1v) is 12.8. The van der Waals surface area contributed by atoms with Crippen molar-refractivity contribution in [2.75, 3.05) is 18.0 Å². The fourth-order valence-electron chi connectivity index (χ4n) is 4.94. The predicted octanol–water partition coefficient (Wildman–Crippen LogP) is 6.28. The normalized spacial score (nSPS) is 13.8. The van der Waals surface area contributed by atoms with Crippen molar-refractivity contribution < 1.29 is 19.4 Å². The zero-order valence-corrected chi connectivity index (χ0v) is 21.0. The predicted molar refractivity (Wildman–Crippen MR) is 144 cm³/mol. The highest BCUT2D eigenvalue weighted by Gasteiger charge is 2.25. The van der Waals surface area contributed by atoms with E-state index in [4.69, 9.17) is 9.72 Å². The van der Waals surface area contributed by atoms with Gasteiger partial charge in [-0.2, -0.15) is 0 Å². The lowest BCUT2D eigenvalue weighted by atomic mass is 9.87. The second-order valence-electron chi connectivity index (χ2n) is 8.71. The third-order valence-electron chi connectivity index (χ3n) is 6.64. The monoisotopic (exact) mass is 498 g/mol. The summed E-state index contributed by atoms with van der Waals surface area (Å²) >= 11 is 1.55. The maximum atomic E-state index is 12.3. The van der Waals surface area contributed by atoms with Crippen LogP contribution in [0, 0.1) is 0 Å². The topological polar surface area (TPSA) is 79.7 Å². The maximum Gasteiger partial charge on any atom is 0.336 e. The molecule has 36 heavy (non-hydrogen) atoms. The van der Waals surface area contributed by atoms with Crippen molar-refractivity contribution in [3.8, 4) is 5.75 Å². The van der Waals surface area contributed by atoms with Crippen LogP contribution in [0.5, 0.6) is 5.75 Å². The number of thiazole rings is 1. The minimum Gasteiger partial charge on any atom is -0.478 e. The number of allylic oxidation sites excluding steroid dienone is 1. The highest BCUT2D eigenvalue weighted by molar-refractivity contribution is 7.19. The van der Waals surface area contributed by atoms with Gasteiger partial charge in [0.25, 0.3) is 6.47 Å². The molecule has 1 N–H and O–H groups in total. The smallest absolute Gasteiger partial charge is 0.336 e. The van der Waals surface area contributed by atoms with E-state index in [2.05, 4.69) is 17.9 Å². The summed E-state index contributed by atoms with van der Waals surface area (Å²) < 4.78 is 6.59. The number of hydrogen-bond donors (Lipinski definition) is 1. The standard InChI is InChI=1S/C29H26N2O4S/c1-3-31-14-8-9-19-15-22(25(35-17-32)16-24(19)31)27(20-10-4-5-11-21(20)29(33)34)18(2)28-30-23-12-6-7-13-26(23)36-28/h4-7,10-13,15-17H,3,8-9,14H2,1-2H3,(H,33,34)/b27-18+. The van der Waals surface area contributed by atoms with Crippen molar-refractivity contribution in [3.63, 3.8) is 0 Å². The van der Waals surface area contributed by atoms with Gasteiger partial charge in [-0.1, -0.05) is 30.3 Å². The number of aromatic carboxylic acids is 1. The Balaban J connectivity index is 1.83. The number of anilines is 1. The molecule has 1 aliphatic heterocycles. The van der Waals surface area contributed by atoms with Crippen molar-refractivity contribution in [3.05, 3.63) is 87.9 Å². The number of carbonyl (C=O) groups excluding carboxylic acids is 1. The molecule has 0 saturated heterocycles. The van der Waals surface area contributed by atoms with Crippen molar-refractivity contribution in [2.24, 2.45) is 0 Å². The molecule has 0 spiro atoms. The Labute approximate surface area is 213 Å². The van der Waals surface area contributed by atoms with Crippen LogP contribution in [-0.4, -0.2) is 35.6 Å². The number of aromatic nitrogens is 1. The number of benzene rings is 3. The molecule has 6 nitrogen and oxygen atoms in total. The van der Waals surface area contributed by atoms with Crippen LogP contribution >= 0.6 is 11.3 Å². The second-order valence-corrected chi connectivity index (χ2v) is 9.74. The van der Waals surface area contributed by atoms with Crippen LogP contribution in [0.2, 0.25) is 0 Å². The molecule has 5 rings (SSSR count). The Morgan fingerprint density at radius 1 is 1.11 bits per heavy atom. The summed E-state index contributed by atoms with van der Waals surface area (Å²) in [7, 11) is 0. The van der Waals surface area contributed by atoms with Gasteiger partial charge in [-0.15, -0.1) is 11.3 Å². The molecule has 0 atom stereocenters. The molecule has 7 heteroatoms. The number of fused-ring (bicyclic) bond motifs is 2. The van der Waals surface area contributed by atoms with E-state index in [0.717, 1.165) is 58.0 Å². The Kier molecular flexibility index (Phi) is 6.57. The third-order valence-corrected chi connectivity index (χ3v) is 7.79. The number of carboxylic acids is 1. The molecule has 0 aliphatic carbocycles. The minimum absolute atomic E-state index is 0.179. The Bertz CT molecular complexity index is 1470. The largest absolute Gasteiger partial charge is 0.478 e. The van der Waals surface area contributed by atoms with Gasteiger partial charge >= 0.3 is 5.97 Å². The van der Waals surface area contributed by atoms with Crippen LogP contribution < -0.4 is 9.64 Å². The van der Waals surface area contributed by atoms with Gasteiger partial charge in [-0.3, -0.25) is 4.79 Å². The molecule has 2 heterocycles. The highest BCUT2D eigenvalue weighted by atomic mass is 32.1. The Hall–Kier alpha value is -3.97. The van der Waals surface area contributed by atoms with E-state index in [1.54, 1.807) is 29.5 Å². The summed E-state index contributed by atoms with van der Waals surface area (Å²) in [6.45, 7) is 6.28. The second kappa shape index (κ2) is 9.95. The Morgan fingerprint density at radius 3 is 2.58 bits per heavy atom.